The molecule has 20 heavy (non-hydrogen) atoms. The summed E-state index contributed by atoms with van der Waals surface area (Å²) in [4.78, 5) is 0. The highest BCUT2D eigenvalue weighted by molar-refractivity contribution is 5.24. The van der Waals surface area contributed by atoms with E-state index in [1.165, 1.54) is 24.2 Å². The molecule has 1 aromatic rings. The Morgan fingerprint density at radius 3 is 2.95 bits per heavy atom. The quantitative estimate of drug-likeness (QED) is 0.903. The Bertz CT molecular complexity index is 436. The van der Waals surface area contributed by atoms with Gasteiger partial charge in [0.2, 0.25) is 0 Å². The van der Waals surface area contributed by atoms with Gasteiger partial charge in [0.05, 0.1) is 11.9 Å². The summed E-state index contributed by atoms with van der Waals surface area (Å²) >= 11 is 0. The van der Waals surface area contributed by atoms with Crippen molar-refractivity contribution in [2.24, 2.45) is 0 Å². The van der Waals surface area contributed by atoms with Crippen LogP contribution in [0.4, 0.5) is 0 Å². The molecule has 1 aliphatic heterocycles. The minimum Gasteiger partial charge on any atom is -0.469 e. The van der Waals surface area contributed by atoms with Crippen molar-refractivity contribution in [1.82, 2.24) is 5.32 Å². The topological polar surface area (TPSA) is 34.4 Å². The van der Waals surface area contributed by atoms with Crippen molar-refractivity contribution in [3.05, 3.63) is 23.7 Å². The van der Waals surface area contributed by atoms with Crippen molar-refractivity contribution in [2.75, 3.05) is 6.61 Å². The van der Waals surface area contributed by atoms with Gasteiger partial charge >= 0.3 is 0 Å². The summed E-state index contributed by atoms with van der Waals surface area (Å²) in [6, 6.07) is 3.21. The Hall–Kier alpha value is -0.800. The Balaban J connectivity index is 1.67. The predicted molar refractivity (Wildman–Crippen MR) is 79.8 cm³/mol. The number of hydrogen-bond donors (Lipinski definition) is 1. The zero-order valence-corrected chi connectivity index (χ0v) is 12.8. The molecular formula is C17H27NO2. The standard InChI is InChI=1S/C17H27NO2/c1-3-17(4-2)12-13(8-11-20-17)18-15-6-5-7-16-14(15)9-10-19-16/h9-10,13,15,18H,3-8,11-12H2,1-2H3. The van der Waals surface area contributed by atoms with Crippen molar-refractivity contribution >= 4 is 0 Å². The summed E-state index contributed by atoms with van der Waals surface area (Å²) in [5, 5.41) is 3.88. The molecule has 3 nitrogen and oxygen atoms in total. The zero-order chi connectivity index (χ0) is 14.0. The molecule has 0 saturated carbocycles. The van der Waals surface area contributed by atoms with Crippen LogP contribution >= 0.6 is 0 Å². The second-order valence-electron chi connectivity index (χ2n) is 6.34. The number of ether oxygens (including phenoxy) is 1. The first-order valence-corrected chi connectivity index (χ1v) is 8.22. The number of furan rings is 1. The van der Waals surface area contributed by atoms with Gasteiger partial charge in [0.15, 0.2) is 0 Å². The van der Waals surface area contributed by atoms with E-state index < -0.39 is 0 Å². The number of hydrogen-bond acceptors (Lipinski definition) is 3. The third-order valence-electron chi connectivity index (χ3n) is 5.27. The summed E-state index contributed by atoms with van der Waals surface area (Å²) in [6.07, 6.45) is 9.91. The maximum Gasteiger partial charge on any atom is 0.108 e. The third kappa shape index (κ3) is 2.66. The summed E-state index contributed by atoms with van der Waals surface area (Å²) in [6.45, 7) is 5.39. The van der Waals surface area contributed by atoms with E-state index >= 15 is 0 Å². The molecule has 1 saturated heterocycles. The smallest absolute Gasteiger partial charge is 0.108 e. The Morgan fingerprint density at radius 1 is 1.30 bits per heavy atom. The highest BCUT2D eigenvalue weighted by atomic mass is 16.5. The Labute approximate surface area is 122 Å². The first-order chi connectivity index (χ1) is 9.76. The van der Waals surface area contributed by atoms with Crippen LogP contribution in [0.15, 0.2) is 16.7 Å². The van der Waals surface area contributed by atoms with Crippen molar-refractivity contribution in [2.45, 2.75) is 76.5 Å². The normalized spacial score (nSPS) is 29.1. The lowest BCUT2D eigenvalue weighted by Gasteiger charge is -2.41. The molecule has 0 bridgehead atoms. The number of fused-ring (bicyclic) bond motifs is 1. The van der Waals surface area contributed by atoms with E-state index in [4.69, 9.17) is 9.15 Å². The zero-order valence-electron chi connectivity index (χ0n) is 12.8. The van der Waals surface area contributed by atoms with Crippen LogP contribution < -0.4 is 5.32 Å². The molecule has 112 valence electrons. The van der Waals surface area contributed by atoms with Gasteiger partial charge in [-0.1, -0.05) is 13.8 Å². The lowest BCUT2D eigenvalue weighted by molar-refractivity contribution is -0.0943. The molecule has 1 aromatic heterocycles. The van der Waals surface area contributed by atoms with E-state index in [-0.39, 0.29) is 5.60 Å². The van der Waals surface area contributed by atoms with Gasteiger partial charge in [-0.2, -0.15) is 0 Å². The Kier molecular flexibility index (Phi) is 4.18. The number of rotatable bonds is 4. The molecule has 0 radical (unpaired) electrons. The fourth-order valence-corrected chi connectivity index (χ4v) is 3.86. The molecule has 0 aromatic carbocycles. The van der Waals surface area contributed by atoms with E-state index in [1.807, 2.05) is 6.26 Å². The lowest BCUT2D eigenvalue weighted by atomic mass is 9.84. The molecule has 0 amide bonds. The van der Waals surface area contributed by atoms with Crippen LogP contribution in [0.1, 0.15) is 69.7 Å². The molecule has 1 N–H and O–H groups in total. The molecule has 1 fully saturated rings. The van der Waals surface area contributed by atoms with Crippen LogP contribution in [0, 0.1) is 0 Å². The fraction of sp³-hybridized carbons (Fsp3) is 0.765. The SMILES string of the molecule is CCC1(CC)CC(NC2CCCc3occc32)CCO1. The van der Waals surface area contributed by atoms with Crippen LogP contribution in [0.3, 0.4) is 0 Å². The van der Waals surface area contributed by atoms with Gasteiger partial charge in [-0.15, -0.1) is 0 Å². The minimum atomic E-state index is 0.101. The second-order valence-corrected chi connectivity index (χ2v) is 6.34. The Morgan fingerprint density at radius 2 is 2.15 bits per heavy atom. The average molecular weight is 277 g/mol. The van der Waals surface area contributed by atoms with E-state index in [1.54, 1.807) is 0 Å². The molecule has 3 heteroatoms. The van der Waals surface area contributed by atoms with Crippen LogP contribution in [0.5, 0.6) is 0 Å². The molecule has 2 heterocycles. The van der Waals surface area contributed by atoms with Crippen molar-refractivity contribution in [3.63, 3.8) is 0 Å². The highest BCUT2D eigenvalue weighted by Gasteiger charge is 2.36. The summed E-state index contributed by atoms with van der Waals surface area (Å²) < 4.78 is 11.7. The molecule has 3 rings (SSSR count). The van der Waals surface area contributed by atoms with Gasteiger partial charge in [0.1, 0.15) is 5.76 Å². The lowest BCUT2D eigenvalue weighted by Crippen LogP contribution is -2.47. The monoisotopic (exact) mass is 277 g/mol. The first-order valence-electron chi connectivity index (χ1n) is 8.22. The molecule has 2 atom stereocenters. The predicted octanol–water partition coefficient (Wildman–Crippen LogP) is 3.98. The largest absolute Gasteiger partial charge is 0.469 e. The first kappa shape index (κ1) is 14.2. The number of nitrogens with one attached hydrogen (secondary N) is 1. The highest BCUT2D eigenvalue weighted by Crippen LogP contribution is 2.35. The van der Waals surface area contributed by atoms with E-state index in [2.05, 4.69) is 25.2 Å². The van der Waals surface area contributed by atoms with Gasteiger partial charge in [-0.3, -0.25) is 0 Å². The molecule has 0 spiro atoms. The van der Waals surface area contributed by atoms with Crippen molar-refractivity contribution < 1.29 is 9.15 Å². The molecule has 2 unspecified atom stereocenters. The van der Waals surface area contributed by atoms with Gasteiger partial charge in [0, 0.05) is 30.7 Å². The third-order valence-corrected chi connectivity index (χ3v) is 5.27. The van der Waals surface area contributed by atoms with Gasteiger partial charge in [-0.05, 0) is 44.6 Å². The molecule has 1 aliphatic carbocycles. The maximum absolute atomic E-state index is 6.08. The van der Waals surface area contributed by atoms with Gasteiger partial charge < -0.3 is 14.5 Å². The molecule has 2 aliphatic rings. The van der Waals surface area contributed by atoms with E-state index in [9.17, 15) is 0 Å². The molecular weight excluding hydrogens is 250 g/mol. The fourth-order valence-electron chi connectivity index (χ4n) is 3.86. The van der Waals surface area contributed by atoms with Crippen LogP contribution in [0.2, 0.25) is 0 Å². The van der Waals surface area contributed by atoms with E-state index in [0.29, 0.717) is 12.1 Å². The van der Waals surface area contributed by atoms with Crippen LogP contribution in [-0.2, 0) is 11.2 Å². The average Bonchev–Trinajstić information content (AvgIpc) is 2.97. The number of aryl methyl sites for hydroxylation is 1. The van der Waals surface area contributed by atoms with Crippen molar-refractivity contribution in [1.29, 1.82) is 0 Å². The van der Waals surface area contributed by atoms with Gasteiger partial charge in [-0.25, -0.2) is 0 Å². The minimum absolute atomic E-state index is 0.101. The van der Waals surface area contributed by atoms with Crippen molar-refractivity contribution in [3.8, 4) is 0 Å². The summed E-state index contributed by atoms with van der Waals surface area (Å²) in [7, 11) is 0. The summed E-state index contributed by atoms with van der Waals surface area (Å²) in [5.41, 5.74) is 1.49. The van der Waals surface area contributed by atoms with Crippen LogP contribution in [-0.4, -0.2) is 18.2 Å². The van der Waals surface area contributed by atoms with Crippen LogP contribution in [0.25, 0.3) is 0 Å². The second kappa shape index (κ2) is 5.90. The van der Waals surface area contributed by atoms with Gasteiger partial charge in [0.25, 0.3) is 0 Å². The summed E-state index contributed by atoms with van der Waals surface area (Å²) in [5.74, 6) is 1.19. The van der Waals surface area contributed by atoms with E-state index in [0.717, 1.165) is 38.7 Å². The maximum atomic E-state index is 6.08.